The van der Waals surface area contributed by atoms with E-state index in [1.165, 1.54) is 0 Å². The van der Waals surface area contributed by atoms with Crippen LogP contribution in [0.1, 0.15) is 27.2 Å². The van der Waals surface area contributed by atoms with Gasteiger partial charge in [-0.25, -0.2) is 0 Å². The van der Waals surface area contributed by atoms with Crippen LogP contribution in [0.25, 0.3) is 0 Å². The van der Waals surface area contributed by atoms with E-state index >= 15 is 0 Å². The highest BCUT2D eigenvalue weighted by molar-refractivity contribution is 4.77. The van der Waals surface area contributed by atoms with E-state index in [-0.39, 0.29) is 5.79 Å². The van der Waals surface area contributed by atoms with Gasteiger partial charge in [-0.15, -0.1) is 0 Å². The van der Waals surface area contributed by atoms with Gasteiger partial charge >= 0.3 is 0 Å². The Morgan fingerprint density at radius 3 is 2.23 bits per heavy atom. The monoisotopic (exact) mass is 187 g/mol. The quantitative estimate of drug-likeness (QED) is 0.665. The number of hydrogen-bond acceptors (Lipinski definition) is 3. The van der Waals surface area contributed by atoms with Gasteiger partial charge in [0.05, 0.1) is 19.8 Å². The molecule has 0 atom stereocenters. The molecule has 1 aliphatic heterocycles. The van der Waals surface area contributed by atoms with Crippen LogP contribution >= 0.6 is 0 Å². The second-order valence-corrected chi connectivity index (χ2v) is 3.97. The molecule has 78 valence electrons. The summed E-state index contributed by atoms with van der Waals surface area (Å²) >= 11 is 0. The minimum atomic E-state index is -0.334. The number of rotatable bonds is 4. The molecule has 13 heavy (non-hydrogen) atoms. The van der Waals surface area contributed by atoms with Crippen LogP contribution in [0, 0.1) is 0 Å². The molecule has 1 saturated heterocycles. The summed E-state index contributed by atoms with van der Waals surface area (Å²) in [7, 11) is 2.10. The van der Waals surface area contributed by atoms with Gasteiger partial charge < -0.3 is 9.47 Å². The third-order valence-corrected chi connectivity index (χ3v) is 2.72. The fourth-order valence-corrected chi connectivity index (χ4v) is 1.47. The molecule has 1 heterocycles. The van der Waals surface area contributed by atoms with Crippen LogP contribution < -0.4 is 0 Å². The van der Waals surface area contributed by atoms with E-state index < -0.39 is 0 Å². The van der Waals surface area contributed by atoms with Crippen molar-refractivity contribution in [3.8, 4) is 0 Å². The maximum Gasteiger partial charge on any atom is 0.180 e. The first-order valence-corrected chi connectivity index (χ1v) is 5.08. The van der Waals surface area contributed by atoms with Gasteiger partial charge in [0.15, 0.2) is 5.79 Å². The summed E-state index contributed by atoms with van der Waals surface area (Å²) in [6.07, 6.45) is 0.921. The Kier molecular flexibility index (Phi) is 3.71. The summed E-state index contributed by atoms with van der Waals surface area (Å²) in [6, 6.07) is 0.538. The molecule has 0 aromatic rings. The lowest BCUT2D eigenvalue weighted by Crippen LogP contribution is -2.44. The molecule has 0 radical (unpaired) electrons. The minimum Gasteiger partial charge on any atom is -0.346 e. The van der Waals surface area contributed by atoms with E-state index in [1.807, 2.05) is 0 Å². The third-order valence-electron chi connectivity index (χ3n) is 2.72. The first-order chi connectivity index (χ1) is 6.09. The molecule has 0 unspecified atom stereocenters. The molecule has 1 fully saturated rings. The number of hydrogen-bond donors (Lipinski definition) is 0. The Morgan fingerprint density at radius 2 is 1.85 bits per heavy atom. The van der Waals surface area contributed by atoms with Crippen LogP contribution in [0.3, 0.4) is 0 Å². The predicted octanol–water partition coefficient (Wildman–Crippen LogP) is 1.48. The zero-order valence-corrected chi connectivity index (χ0v) is 9.17. The van der Waals surface area contributed by atoms with E-state index in [4.69, 9.17) is 9.47 Å². The van der Waals surface area contributed by atoms with Gasteiger partial charge in [-0.05, 0) is 27.3 Å². The predicted molar refractivity (Wildman–Crippen MR) is 52.7 cm³/mol. The molecule has 3 heteroatoms. The van der Waals surface area contributed by atoms with Gasteiger partial charge in [0.2, 0.25) is 0 Å². The summed E-state index contributed by atoms with van der Waals surface area (Å²) < 4.78 is 11.3. The highest BCUT2D eigenvalue weighted by atomic mass is 16.7. The van der Waals surface area contributed by atoms with Crippen molar-refractivity contribution in [3.05, 3.63) is 0 Å². The van der Waals surface area contributed by atoms with Crippen LogP contribution in [0.4, 0.5) is 0 Å². The van der Waals surface area contributed by atoms with Crippen molar-refractivity contribution in [3.63, 3.8) is 0 Å². The molecular weight excluding hydrogens is 166 g/mol. The van der Waals surface area contributed by atoms with E-state index in [0.717, 1.165) is 26.2 Å². The zero-order valence-electron chi connectivity index (χ0n) is 9.17. The molecule has 0 bridgehead atoms. The first-order valence-electron chi connectivity index (χ1n) is 5.08. The lowest BCUT2D eigenvalue weighted by Gasteiger charge is -2.32. The number of nitrogens with zero attached hydrogens (tertiary/aromatic N) is 1. The molecule has 0 N–H and O–H groups in total. The molecule has 0 amide bonds. The Hall–Kier alpha value is -0.120. The Morgan fingerprint density at radius 1 is 1.31 bits per heavy atom. The highest BCUT2D eigenvalue weighted by Crippen LogP contribution is 2.24. The van der Waals surface area contributed by atoms with Crippen LogP contribution in [0.2, 0.25) is 0 Å². The SMILES string of the molecule is CCC1(CN(C)C(C)C)OCCO1. The summed E-state index contributed by atoms with van der Waals surface area (Å²) in [5, 5.41) is 0. The van der Waals surface area contributed by atoms with Crippen molar-refractivity contribution < 1.29 is 9.47 Å². The van der Waals surface area contributed by atoms with E-state index in [0.29, 0.717) is 6.04 Å². The molecule has 1 aliphatic rings. The summed E-state index contributed by atoms with van der Waals surface area (Å²) in [5.41, 5.74) is 0. The van der Waals surface area contributed by atoms with Crippen molar-refractivity contribution in [2.24, 2.45) is 0 Å². The largest absolute Gasteiger partial charge is 0.346 e. The first kappa shape index (κ1) is 11.0. The van der Waals surface area contributed by atoms with Gasteiger partial charge in [0.1, 0.15) is 0 Å². The number of likely N-dealkylation sites (N-methyl/N-ethyl adjacent to an activating group) is 1. The average molecular weight is 187 g/mol. The summed E-state index contributed by atoms with van der Waals surface area (Å²) in [6.45, 7) is 8.80. The van der Waals surface area contributed by atoms with Crippen molar-refractivity contribution in [1.29, 1.82) is 0 Å². The Bertz CT molecular complexity index is 153. The van der Waals surface area contributed by atoms with E-state index in [9.17, 15) is 0 Å². The summed E-state index contributed by atoms with van der Waals surface area (Å²) in [4.78, 5) is 2.26. The van der Waals surface area contributed by atoms with Crippen molar-refractivity contribution in [2.45, 2.75) is 39.0 Å². The van der Waals surface area contributed by atoms with Crippen molar-refractivity contribution in [2.75, 3.05) is 26.8 Å². The van der Waals surface area contributed by atoms with Gasteiger partial charge in [-0.2, -0.15) is 0 Å². The van der Waals surface area contributed by atoms with E-state index in [1.54, 1.807) is 0 Å². The maximum absolute atomic E-state index is 5.65. The lowest BCUT2D eigenvalue weighted by atomic mass is 10.2. The fourth-order valence-electron chi connectivity index (χ4n) is 1.47. The summed E-state index contributed by atoms with van der Waals surface area (Å²) in [5.74, 6) is -0.334. The molecule has 0 aliphatic carbocycles. The van der Waals surface area contributed by atoms with Crippen LogP contribution in [0.5, 0.6) is 0 Å². The second-order valence-electron chi connectivity index (χ2n) is 3.97. The molecule has 0 spiro atoms. The standard InChI is InChI=1S/C10H21NO2/c1-5-10(12-6-7-13-10)8-11(4)9(2)3/h9H,5-8H2,1-4H3. The molecule has 3 nitrogen and oxygen atoms in total. The van der Waals surface area contributed by atoms with Crippen molar-refractivity contribution in [1.82, 2.24) is 4.90 Å². The fraction of sp³-hybridized carbons (Fsp3) is 1.00. The third kappa shape index (κ3) is 2.66. The smallest absolute Gasteiger partial charge is 0.180 e. The van der Waals surface area contributed by atoms with Gasteiger partial charge in [-0.1, -0.05) is 6.92 Å². The Labute approximate surface area is 81.0 Å². The number of ether oxygens (including phenoxy) is 2. The molecule has 0 aromatic heterocycles. The van der Waals surface area contributed by atoms with Gasteiger partial charge in [0.25, 0.3) is 0 Å². The lowest BCUT2D eigenvalue weighted by molar-refractivity contribution is -0.172. The molecular formula is C10H21NO2. The average Bonchev–Trinajstić information content (AvgIpc) is 2.54. The van der Waals surface area contributed by atoms with Gasteiger partial charge in [-0.3, -0.25) is 4.90 Å². The van der Waals surface area contributed by atoms with Gasteiger partial charge in [0, 0.05) is 6.04 Å². The molecule has 0 saturated carbocycles. The van der Waals surface area contributed by atoms with Crippen LogP contribution in [-0.2, 0) is 9.47 Å². The second kappa shape index (κ2) is 4.40. The topological polar surface area (TPSA) is 21.7 Å². The maximum atomic E-state index is 5.65. The highest BCUT2D eigenvalue weighted by Gasteiger charge is 2.35. The van der Waals surface area contributed by atoms with Crippen LogP contribution in [-0.4, -0.2) is 43.5 Å². The normalized spacial score (nSPS) is 21.7. The Balaban J connectivity index is 2.48. The molecule has 1 rings (SSSR count). The zero-order chi connectivity index (χ0) is 9.90. The minimum absolute atomic E-state index is 0.334. The van der Waals surface area contributed by atoms with Crippen molar-refractivity contribution >= 4 is 0 Å². The molecule has 0 aromatic carbocycles. The van der Waals surface area contributed by atoms with E-state index in [2.05, 4.69) is 32.7 Å². The van der Waals surface area contributed by atoms with Crippen LogP contribution in [0.15, 0.2) is 0 Å².